The molecule has 0 fully saturated rings. The Morgan fingerprint density at radius 3 is 2.29 bits per heavy atom. The van der Waals surface area contributed by atoms with Gasteiger partial charge in [-0.15, -0.1) is 0 Å². The van der Waals surface area contributed by atoms with Crippen LogP contribution < -0.4 is 5.32 Å². The van der Waals surface area contributed by atoms with Gasteiger partial charge in [0.05, 0.1) is 11.3 Å². The SMILES string of the molecule is CC(Nc1cc(C(F)(F)F)ccc1F)C(=O)OC(C)(C)C. The van der Waals surface area contributed by atoms with Crippen molar-refractivity contribution >= 4 is 11.7 Å². The van der Waals surface area contributed by atoms with Gasteiger partial charge >= 0.3 is 12.1 Å². The Hall–Kier alpha value is -1.79. The van der Waals surface area contributed by atoms with Crippen LogP contribution in [0.1, 0.15) is 33.3 Å². The van der Waals surface area contributed by atoms with Crippen molar-refractivity contribution in [1.82, 2.24) is 0 Å². The number of carbonyl (C=O) groups is 1. The van der Waals surface area contributed by atoms with Gasteiger partial charge in [-0.05, 0) is 45.9 Å². The van der Waals surface area contributed by atoms with E-state index in [4.69, 9.17) is 4.74 Å². The molecule has 0 heterocycles. The molecule has 0 saturated heterocycles. The number of nitrogens with one attached hydrogen (secondary N) is 1. The van der Waals surface area contributed by atoms with Crippen molar-refractivity contribution in [3.05, 3.63) is 29.6 Å². The molecule has 1 N–H and O–H groups in total. The number of hydrogen-bond donors (Lipinski definition) is 1. The maximum atomic E-state index is 13.5. The topological polar surface area (TPSA) is 38.3 Å². The average molecular weight is 307 g/mol. The molecule has 0 saturated carbocycles. The first kappa shape index (κ1) is 17.3. The van der Waals surface area contributed by atoms with Crippen LogP contribution >= 0.6 is 0 Å². The fraction of sp³-hybridized carbons (Fsp3) is 0.500. The first-order valence-corrected chi connectivity index (χ1v) is 6.26. The molecule has 0 spiro atoms. The van der Waals surface area contributed by atoms with E-state index in [0.717, 1.165) is 0 Å². The van der Waals surface area contributed by atoms with Crippen LogP contribution in [-0.2, 0) is 15.7 Å². The molecule has 21 heavy (non-hydrogen) atoms. The van der Waals surface area contributed by atoms with E-state index in [1.807, 2.05) is 0 Å². The molecule has 0 aromatic heterocycles. The minimum Gasteiger partial charge on any atom is -0.458 e. The number of hydrogen-bond acceptors (Lipinski definition) is 3. The zero-order valence-corrected chi connectivity index (χ0v) is 12.1. The highest BCUT2D eigenvalue weighted by molar-refractivity contribution is 5.79. The number of anilines is 1. The van der Waals surface area contributed by atoms with Crippen molar-refractivity contribution in [3.63, 3.8) is 0 Å². The zero-order chi connectivity index (χ0) is 16.4. The Balaban J connectivity index is 2.90. The van der Waals surface area contributed by atoms with Gasteiger partial charge in [-0.1, -0.05) is 0 Å². The van der Waals surface area contributed by atoms with E-state index in [0.29, 0.717) is 18.2 Å². The van der Waals surface area contributed by atoms with Crippen LogP contribution in [-0.4, -0.2) is 17.6 Å². The number of benzene rings is 1. The summed E-state index contributed by atoms with van der Waals surface area (Å²) in [4.78, 5) is 11.7. The average Bonchev–Trinajstić information content (AvgIpc) is 2.28. The Bertz CT molecular complexity index is 521. The van der Waals surface area contributed by atoms with Crippen molar-refractivity contribution in [2.45, 2.75) is 45.5 Å². The van der Waals surface area contributed by atoms with Crippen LogP contribution in [0.15, 0.2) is 18.2 Å². The lowest BCUT2D eigenvalue weighted by atomic mass is 10.1. The molecule has 0 radical (unpaired) electrons. The third-order valence-corrected chi connectivity index (χ3v) is 2.43. The molecule has 1 aromatic rings. The fourth-order valence-electron chi connectivity index (χ4n) is 1.49. The number of rotatable bonds is 3. The lowest BCUT2D eigenvalue weighted by Crippen LogP contribution is -2.34. The monoisotopic (exact) mass is 307 g/mol. The molecule has 0 bridgehead atoms. The molecule has 1 atom stereocenters. The second kappa shape index (κ2) is 5.91. The van der Waals surface area contributed by atoms with Gasteiger partial charge in [0.25, 0.3) is 0 Å². The highest BCUT2D eigenvalue weighted by Gasteiger charge is 2.31. The molecular formula is C14H17F4NO2. The molecule has 0 amide bonds. The smallest absolute Gasteiger partial charge is 0.416 e. The summed E-state index contributed by atoms with van der Waals surface area (Å²) in [5.74, 6) is -1.56. The molecule has 0 aliphatic heterocycles. The Morgan fingerprint density at radius 1 is 1.24 bits per heavy atom. The molecule has 1 aromatic carbocycles. The third kappa shape index (κ3) is 5.24. The number of halogens is 4. The normalized spacial score (nSPS) is 13.7. The summed E-state index contributed by atoms with van der Waals surface area (Å²) >= 11 is 0. The maximum Gasteiger partial charge on any atom is 0.416 e. The quantitative estimate of drug-likeness (QED) is 0.678. The molecule has 0 aliphatic carbocycles. The van der Waals surface area contributed by atoms with Gasteiger partial charge in [0.15, 0.2) is 0 Å². The van der Waals surface area contributed by atoms with Crippen molar-refractivity contribution in [2.75, 3.05) is 5.32 Å². The number of ether oxygens (including phenoxy) is 1. The van der Waals surface area contributed by atoms with Crippen LogP contribution in [0.5, 0.6) is 0 Å². The first-order chi connectivity index (χ1) is 9.40. The van der Waals surface area contributed by atoms with E-state index in [2.05, 4.69) is 5.32 Å². The highest BCUT2D eigenvalue weighted by atomic mass is 19.4. The van der Waals surface area contributed by atoms with Gasteiger partial charge in [0.2, 0.25) is 0 Å². The van der Waals surface area contributed by atoms with Crippen molar-refractivity contribution in [1.29, 1.82) is 0 Å². The molecule has 3 nitrogen and oxygen atoms in total. The van der Waals surface area contributed by atoms with Crippen LogP contribution in [0.4, 0.5) is 23.2 Å². The predicted octanol–water partition coefficient (Wildman–Crippen LogP) is 3.99. The number of esters is 1. The summed E-state index contributed by atoms with van der Waals surface area (Å²) in [6, 6.07) is 0.976. The third-order valence-electron chi connectivity index (χ3n) is 2.43. The largest absolute Gasteiger partial charge is 0.458 e. The molecule has 1 rings (SSSR count). The zero-order valence-electron chi connectivity index (χ0n) is 12.1. The van der Waals surface area contributed by atoms with Crippen LogP contribution in [0.2, 0.25) is 0 Å². The summed E-state index contributed by atoms with van der Waals surface area (Å²) in [6.45, 7) is 6.35. The standard InChI is InChI=1S/C14H17F4NO2/c1-8(12(20)21-13(2,3)4)19-11-7-9(14(16,17)18)5-6-10(11)15/h5-8,19H,1-4H3. The Morgan fingerprint density at radius 2 is 1.81 bits per heavy atom. The summed E-state index contributed by atoms with van der Waals surface area (Å²) in [5, 5.41) is 2.40. The van der Waals surface area contributed by atoms with E-state index >= 15 is 0 Å². The predicted molar refractivity (Wildman–Crippen MR) is 70.3 cm³/mol. The molecule has 1 unspecified atom stereocenters. The van der Waals surface area contributed by atoms with Crippen LogP contribution in [0, 0.1) is 5.82 Å². The van der Waals surface area contributed by atoms with E-state index in [1.54, 1.807) is 20.8 Å². The van der Waals surface area contributed by atoms with Gasteiger partial charge in [-0.25, -0.2) is 9.18 Å². The van der Waals surface area contributed by atoms with Gasteiger partial charge in [-0.3, -0.25) is 0 Å². The van der Waals surface area contributed by atoms with E-state index in [1.165, 1.54) is 6.92 Å². The summed E-state index contributed by atoms with van der Waals surface area (Å²) < 4.78 is 56.3. The van der Waals surface area contributed by atoms with E-state index < -0.39 is 40.9 Å². The maximum absolute atomic E-state index is 13.5. The van der Waals surface area contributed by atoms with Gasteiger partial charge in [0.1, 0.15) is 17.5 Å². The highest BCUT2D eigenvalue weighted by Crippen LogP contribution is 2.32. The molecular weight excluding hydrogens is 290 g/mol. The summed E-state index contributed by atoms with van der Waals surface area (Å²) in [6.07, 6.45) is -4.58. The second-order valence-corrected chi connectivity index (χ2v) is 5.59. The van der Waals surface area contributed by atoms with Crippen molar-refractivity contribution in [3.8, 4) is 0 Å². The second-order valence-electron chi connectivity index (χ2n) is 5.59. The lowest BCUT2D eigenvalue weighted by molar-refractivity contribution is -0.155. The van der Waals surface area contributed by atoms with Crippen LogP contribution in [0.25, 0.3) is 0 Å². The van der Waals surface area contributed by atoms with Crippen molar-refractivity contribution in [2.24, 2.45) is 0 Å². The van der Waals surface area contributed by atoms with E-state index in [-0.39, 0.29) is 0 Å². The molecule has 118 valence electrons. The summed E-state index contributed by atoms with van der Waals surface area (Å²) in [7, 11) is 0. The summed E-state index contributed by atoms with van der Waals surface area (Å²) in [5.41, 5.74) is -2.13. The minimum absolute atomic E-state index is 0.400. The number of carbonyl (C=O) groups excluding carboxylic acids is 1. The fourth-order valence-corrected chi connectivity index (χ4v) is 1.49. The Kier molecular flexibility index (Phi) is 4.86. The molecule has 0 aliphatic rings. The number of alkyl halides is 3. The van der Waals surface area contributed by atoms with Crippen molar-refractivity contribution < 1.29 is 27.1 Å². The minimum atomic E-state index is -4.58. The van der Waals surface area contributed by atoms with Gasteiger partial charge in [-0.2, -0.15) is 13.2 Å². The van der Waals surface area contributed by atoms with Gasteiger partial charge < -0.3 is 10.1 Å². The first-order valence-electron chi connectivity index (χ1n) is 6.26. The van der Waals surface area contributed by atoms with E-state index in [9.17, 15) is 22.4 Å². The lowest BCUT2D eigenvalue weighted by Gasteiger charge is -2.23. The van der Waals surface area contributed by atoms with Crippen LogP contribution in [0.3, 0.4) is 0 Å². The Labute approximate surface area is 120 Å². The molecule has 7 heteroatoms. The van der Waals surface area contributed by atoms with Gasteiger partial charge in [0, 0.05) is 0 Å².